The maximum Gasteiger partial charge on any atom is 0.291 e. The number of anilines is 5. The Kier molecular flexibility index (Phi) is 26.0. The van der Waals surface area contributed by atoms with E-state index in [1.165, 1.54) is 36.9 Å². The molecule has 107 heavy (non-hydrogen) atoms. The lowest BCUT2D eigenvalue weighted by molar-refractivity contribution is -0.137. The van der Waals surface area contributed by atoms with Crippen molar-refractivity contribution in [2.75, 3.05) is 98.9 Å². The number of aliphatic hydroxyl groups is 1. The Morgan fingerprint density at radius 1 is 0.692 bits per heavy atom. The van der Waals surface area contributed by atoms with Gasteiger partial charge in [0.1, 0.15) is 36.4 Å². The number of hydrogen-bond donors (Lipinski definition) is 8. The van der Waals surface area contributed by atoms with E-state index in [2.05, 4.69) is 48.8 Å². The van der Waals surface area contributed by atoms with Gasteiger partial charge >= 0.3 is 0 Å². The molecule has 8 N–H and O–H groups in total. The summed E-state index contributed by atoms with van der Waals surface area (Å²) in [6.07, 6.45) is 9.89. The molecule has 32 nitrogen and oxygen atoms in total. The number of methoxy groups -OCH3 is 1. The number of thioether (sulfide) groups is 1. The average Bonchev–Trinajstić information content (AvgIpc) is 1.60. The molecule has 0 saturated carbocycles. The first-order chi connectivity index (χ1) is 51.3. The van der Waals surface area contributed by atoms with Crippen LogP contribution in [-0.4, -0.2) is 200 Å². The van der Waals surface area contributed by atoms with E-state index in [1.807, 2.05) is 30.5 Å². The van der Waals surface area contributed by atoms with Crippen LogP contribution in [0.1, 0.15) is 100 Å². The fraction of sp³-hybridized carbons (Fsp3) is 0.378. The number of aryl methyl sites for hydroxylation is 3. The highest BCUT2D eigenvalue weighted by atomic mass is 32.2. The van der Waals surface area contributed by atoms with E-state index in [0.717, 1.165) is 38.4 Å². The highest BCUT2D eigenvalue weighted by Crippen LogP contribution is 2.42. The van der Waals surface area contributed by atoms with E-state index in [4.69, 9.17) is 23.7 Å². The number of carbonyl (C=O) groups excluding carboxylic acids is 11. The third kappa shape index (κ3) is 19.6. The minimum absolute atomic E-state index is 0.0156. The number of fused-ring (bicyclic) bond motifs is 3. The second-order valence-corrected chi connectivity index (χ2v) is 27.0. The monoisotopic (exact) mass is 1490 g/mol. The zero-order valence-corrected chi connectivity index (χ0v) is 61.4. The zero-order valence-electron chi connectivity index (χ0n) is 60.6. The lowest BCUT2D eigenvalue weighted by Gasteiger charge is -2.33. The van der Waals surface area contributed by atoms with Crippen molar-refractivity contribution >= 4 is 116 Å². The number of nitrogens with one attached hydrogen (secondary N) is 7. The van der Waals surface area contributed by atoms with Crippen LogP contribution < -0.4 is 51.6 Å². The standard InChI is InChI=1S/C74H87N15O17S/c1-43(2)66(82-63(92)22-27-103-29-30-104-28-23-75-61(90)21-25-87-64(93)18-19-65(87)94)70(97)76-45(4)68(95)77-48-14-12-46(13-15-48)41-105-42-89-54-36-59(58(102-8)35-52(54)72(99)88-37-44(3)31-57(88)74(89)101)106-26-10-11-62(91)80-60-40-85(7)67(81-60)71(98)79-49-33-55(83(5)38-49)69(96)78-50-34-56(84(6)39-50)73(100)86-24-20-47-32-51(107-9)16-17-53(47)86/h12-20,24,32-36,38-40,43,45,57,66,74,101H,3,10-11,21-23,25-31,37,41-42H2,1-2,4-9H3,(H,75,90)(H,76,97)(H,77,95)(H,78,96)(H,79,98)(H,80,91)(H,82,92)/t45-,57-,66-,74?/m0/s1. The van der Waals surface area contributed by atoms with Gasteiger partial charge in [-0.3, -0.25) is 62.2 Å². The van der Waals surface area contributed by atoms with Crippen molar-refractivity contribution < 1.29 is 81.5 Å². The number of aromatic nitrogens is 5. The summed E-state index contributed by atoms with van der Waals surface area (Å²) in [6, 6.07) is 18.1. The molecule has 1 saturated heterocycles. The van der Waals surface area contributed by atoms with Gasteiger partial charge < -0.3 is 89.5 Å². The Hall–Kier alpha value is -11.4. The molecule has 7 aromatic rings. The molecule has 1 fully saturated rings. The maximum atomic E-state index is 14.3. The van der Waals surface area contributed by atoms with Crippen molar-refractivity contribution in [3.63, 3.8) is 0 Å². The second-order valence-electron chi connectivity index (χ2n) is 26.1. The van der Waals surface area contributed by atoms with E-state index in [0.29, 0.717) is 40.4 Å². The molecular weight excluding hydrogens is 1400 g/mol. The van der Waals surface area contributed by atoms with Gasteiger partial charge in [-0.2, -0.15) is 0 Å². The molecule has 33 heteroatoms. The summed E-state index contributed by atoms with van der Waals surface area (Å²) in [6.45, 7) is 9.98. The predicted octanol–water partition coefficient (Wildman–Crippen LogP) is 5.30. The van der Waals surface area contributed by atoms with Crippen LogP contribution >= 0.6 is 11.8 Å². The van der Waals surface area contributed by atoms with Gasteiger partial charge in [-0.05, 0) is 92.1 Å². The Morgan fingerprint density at radius 2 is 1.39 bits per heavy atom. The molecule has 10 rings (SSSR count). The minimum Gasteiger partial charge on any atom is -0.493 e. The number of benzene rings is 3. The van der Waals surface area contributed by atoms with Crippen LogP contribution in [0.5, 0.6) is 11.5 Å². The van der Waals surface area contributed by atoms with Crippen molar-refractivity contribution in [1.82, 2.24) is 49.0 Å². The van der Waals surface area contributed by atoms with Crippen LogP contribution in [0.4, 0.5) is 28.6 Å². The molecule has 3 aliphatic rings. The normalized spacial score (nSPS) is 15.3. The van der Waals surface area contributed by atoms with E-state index in [-0.39, 0.29) is 150 Å². The molecule has 0 radical (unpaired) electrons. The quantitative estimate of drug-likeness (QED) is 0.0108. The van der Waals surface area contributed by atoms with Gasteiger partial charge in [-0.25, -0.2) is 4.98 Å². The molecule has 7 heterocycles. The fourth-order valence-corrected chi connectivity index (χ4v) is 12.7. The number of amides is 10. The van der Waals surface area contributed by atoms with Crippen molar-refractivity contribution in [3.8, 4) is 11.5 Å². The first kappa shape index (κ1) is 78.2. The SMILES string of the molecule is C=C1C[C@H]2C(O)N(COCc3ccc(NC(=O)[C@H](C)NC(=O)[C@@H](NC(=O)CCOCCOCCNC(=O)CCN4C(=O)C=CC4=O)C(C)C)cc3)c3cc(OCCCC(=O)Nc4cn(C)c(C(=O)Nc5cc(C(=O)Nc6cc(C(=O)n7ccc8cc(SC)ccc87)n(C)c6)n(C)c5)n4)c(OC)cc3C(=O)N2C1. The smallest absolute Gasteiger partial charge is 0.291 e. The lowest BCUT2D eigenvalue weighted by Crippen LogP contribution is -2.53. The third-order valence-corrected chi connectivity index (χ3v) is 18.6. The van der Waals surface area contributed by atoms with Gasteiger partial charge in [0, 0.05) is 119 Å². The number of imidazole rings is 1. The summed E-state index contributed by atoms with van der Waals surface area (Å²) in [5.41, 5.74) is 4.42. The molecule has 4 aromatic heterocycles. The predicted molar refractivity (Wildman–Crippen MR) is 396 cm³/mol. The van der Waals surface area contributed by atoms with Crippen LogP contribution in [0.3, 0.4) is 0 Å². The van der Waals surface area contributed by atoms with Crippen LogP contribution in [-0.2, 0) is 75.5 Å². The maximum absolute atomic E-state index is 14.3. The van der Waals surface area contributed by atoms with Crippen LogP contribution in [0.15, 0.2) is 127 Å². The molecule has 3 aromatic carbocycles. The Labute approximate surface area is 620 Å². The summed E-state index contributed by atoms with van der Waals surface area (Å²) in [4.78, 5) is 153. The van der Waals surface area contributed by atoms with Crippen molar-refractivity contribution in [1.29, 1.82) is 0 Å². The molecule has 0 spiro atoms. The molecular formula is C74H87N15O17S. The van der Waals surface area contributed by atoms with Gasteiger partial charge in [0.25, 0.3) is 35.4 Å². The van der Waals surface area contributed by atoms with Gasteiger partial charge in [0.15, 0.2) is 17.3 Å². The number of rotatable bonds is 35. The fourth-order valence-electron chi connectivity index (χ4n) is 12.2. The molecule has 1 unspecified atom stereocenters. The lowest BCUT2D eigenvalue weighted by atomic mass is 10.0. The molecule has 566 valence electrons. The van der Waals surface area contributed by atoms with Gasteiger partial charge in [-0.1, -0.05) is 38.1 Å². The highest BCUT2D eigenvalue weighted by molar-refractivity contribution is 7.98. The van der Waals surface area contributed by atoms with Crippen LogP contribution in [0.2, 0.25) is 0 Å². The summed E-state index contributed by atoms with van der Waals surface area (Å²) < 4.78 is 35.3. The van der Waals surface area contributed by atoms with E-state index in [9.17, 15) is 57.8 Å². The first-order valence-corrected chi connectivity index (χ1v) is 35.8. The van der Waals surface area contributed by atoms with E-state index < -0.39 is 71.6 Å². The number of hydrogen-bond acceptors (Lipinski definition) is 20. The van der Waals surface area contributed by atoms with Crippen LogP contribution in [0, 0.1) is 5.92 Å². The summed E-state index contributed by atoms with van der Waals surface area (Å²) in [5.74, 6) is -4.73. The summed E-state index contributed by atoms with van der Waals surface area (Å²) in [5, 5.41) is 32.1. The largest absolute Gasteiger partial charge is 0.493 e. The number of ether oxygens (including phenoxy) is 5. The first-order valence-electron chi connectivity index (χ1n) is 34.6. The Bertz CT molecular complexity index is 4560. The molecule has 3 aliphatic heterocycles. The van der Waals surface area contributed by atoms with Crippen molar-refractivity contribution in [2.24, 2.45) is 27.1 Å². The molecule has 0 aliphatic carbocycles. The second kappa shape index (κ2) is 35.6. The Balaban J connectivity index is 0.655. The number of aliphatic hydroxyl groups excluding tert-OH is 1. The number of imide groups is 1. The average molecular weight is 1490 g/mol. The van der Waals surface area contributed by atoms with Gasteiger partial charge in [0.2, 0.25) is 35.4 Å². The third-order valence-electron chi connectivity index (χ3n) is 17.9. The topological polar surface area (TPSA) is 381 Å². The minimum atomic E-state index is -1.25. The summed E-state index contributed by atoms with van der Waals surface area (Å²) in [7, 11) is 6.38. The van der Waals surface area contributed by atoms with Gasteiger partial charge in [0.05, 0.1) is 80.9 Å². The van der Waals surface area contributed by atoms with Crippen molar-refractivity contribution in [2.45, 2.75) is 88.7 Å². The highest BCUT2D eigenvalue weighted by Gasteiger charge is 2.44. The molecule has 10 amide bonds. The number of nitrogens with zero attached hydrogens (tertiary/aromatic N) is 8. The van der Waals surface area contributed by atoms with Gasteiger partial charge in [-0.15, -0.1) is 11.8 Å². The van der Waals surface area contributed by atoms with Crippen LogP contribution in [0.25, 0.3) is 10.9 Å². The van der Waals surface area contributed by atoms with E-state index >= 15 is 0 Å². The Morgan fingerprint density at radius 3 is 2.10 bits per heavy atom. The molecule has 4 atom stereocenters. The number of carbonyl (C=O) groups is 11. The zero-order chi connectivity index (χ0) is 76.8. The summed E-state index contributed by atoms with van der Waals surface area (Å²) >= 11 is 1.61. The molecule has 0 bridgehead atoms. The van der Waals surface area contributed by atoms with Crippen molar-refractivity contribution in [3.05, 3.63) is 150 Å². The van der Waals surface area contributed by atoms with E-state index in [1.54, 1.807) is 125 Å².